The molecule has 0 heterocycles. The minimum Gasteiger partial charge on any atom is -0.465 e. The summed E-state index contributed by atoms with van der Waals surface area (Å²) < 4.78 is 18.0. The lowest BCUT2D eigenvalue weighted by molar-refractivity contribution is -0.144. The van der Waals surface area contributed by atoms with Gasteiger partial charge in [0, 0.05) is 11.6 Å². The van der Waals surface area contributed by atoms with Crippen molar-refractivity contribution in [1.29, 1.82) is 0 Å². The molecule has 0 aromatic heterocycles. The number of halogens is 2. The van der Waals surface area contributed by atoms with Crippen LogP contribution in [0.1, 0.15) is 30.1 Å². The minimum atomic E-state index is -0.577. The first-order valence-corrected chi connectivity index (χ1v) is 6.82. The van der Waals surface area contributed by atoms with Gasteiger partial charge in [-0.05, 0) is 38.0 Å². The van der Waals surface area contributed by atoms with Crippen LogP contribution in [0.5, 0.6) is 0 Å². The second kappa shape index (κ2) is 6.22. The smallest absolute Gasteiger partial charge is 0.325 e. The molecule has 1 aromatic carbocycles. The lowest BCUT2D eigenvalue weighted by atomic mass is 10.2. The standard InChI is InChI=1S/C14H15ClFNO3/c1-2-20-13(18)8-17(10-4-5-10)14(19)9-3-6-12(16)11(15)7-9/h3,6-7,10H,2,4-5,8H2,1H3. The van der Waals surface area contributed by atoms with Crippen LogP contribution < -0.4 is 0 Å². The van der Waals surface area contributed by atoms with Crippen molar-refractivity contribution in [3.05, 3.63) is 34.6 Å². The summed E-state index contributed by atoms with van der Waals surface area (Å²) in [5.74, 6) is -1.35. The second-order valence-electron chi connectivity index (χ2n) is 4.60. The molecule has 2 rings (SSSR count). The van der Waals surface area contributed by atoms with Crippen molar-refractivity contribution in [3.8, 4) is 0 Å². The molecule has 1 saturated carbocycles. The number of hydrogen-bond donors (Lipinski definition) is 0. The van der Waals surface area contributed by atoms with Crippen molar-refractivity contribution >= 4 is 23.5 Å². The lowest BCUT2D eigenvalue weighted by Gasteiger charge is -2.21. The maximum Gasteiger partial charge on any atom is 0.325 e. The molecule has 0 spiro atoms. The molecular formula is C14H15ClFNO3. The number of esters is 1. The van der Waals surface area contributed by atoms with Gasteiger partial charge in [0.1, 0.15) is 12.4 Å². The Kier molecular flexibility index (Phi) is 4.60. The molecule has 20 heavy (non-hydrogen) atoms. The van der Waals surface area contributed by atoms with Crippen LogP contribution in [0.4, 0.5) is 4.39 Å². The number of hydrogen-bond acceptors (Lipinski definition) is 3. The van der Waals surface area contributed by atoms with Gasteiger partial charge in [0.15, 0.2) is 0 Å². The minimum absolute atomic E-state index is 0.0516. The number of carbonyl (C=O) groups is 2. The Labute approximate surface area is 121 Å². The average molecular weight is 300 g/mol. The van der Waals surface area contributed by atoms with Gasteiger partial charge >= 0.3 is 5.97 Å². The fraction of sp³-hybridized carbons (Fsp3) is 0.429. The van der Waals surface area contributed by atoms with E-state index in [-0.39, 0.29) is 35.7 Å². The van der Waals surface area contributed by atoms with Crippen LogP contribution in [0.15, 0.2) is 18.2 Å². The maximum absolute atomic E-state index is 13.1. The highest BCUT2D eigenvalue weighted by molar-refractivity contribution is 6.31. The van der Waals surface area contributed by atoms with Gasteiger partial charge in [-0.2, -0.15) is 0 Å². The van der Waals surface area contributed by atoms with Crippen molar-refractivity contribution in [2.45, 2.75) is 25.8 Å². The lowest BCUT2D eigenvalue weighted by Crippen LogP contribution is -2.38. The molecular weight excluding hydrogens is 285 g/mol. The highest BCUT2D eigenvalue weighted by Gasteiger charge is 2.34. The maximum atomic E-state index is 13.1. The summed E-state index contributed by atoms with van der Waals surface area (Å²) >= 11 is 5.68. The van der Waals surface area contributed by atoms with E-state index in [1.54, 1.807) is 6.92 Å². The highest BCUT2D eigenvalue weighted by Crippen LogP contribution is 2.29. The predicted octanol–water partition coefficient (Wildman–Crippen LogP) is 2.65. The largest absolute Gasteiger partial charge is 0.465 e. The Morgan fingerprint density at radius 3 is 2.70 bits per heavy atom. The summed E-state index contributed by atoms with van der Waals surface area (Å²) in [6, 6.07) is 3.84. The van der Waals surface area contributed by atoms with Crippen LogP contribution in [-0.4, -0.2) is 36.0 Å². The van der Waals surface area contributed by atoms with Crippen LogP contribution in [0.3, 0.4) is 0 Å². The fourth-order valence-corrected chi connectivity index (χ4v) is 2.07. The van der Waals surface area contributed by atoms with E-state index in [2.05, 4.69) is 0 Å². The van der Waals surface area contributed by atoms with Gasteiger partial charge in [-0.3, -0.25) is 9.59 Å². The monoisotopic (exact) mass is 299 g/mol. The van der Waals surface area contributed by atoms with Gasteiger partial charge < -0.3 is 9.64 Å². The molecule has 108 valence electrons. The summed E-state index contributed by atoms with van der Waals surface area (Å²) in [6.07, 6.45) is 1.72. The van der Waals surface area contributed by atoms with E-state index in [4.69, 9.17) is 16.3 Å². The van der Waals surface area contributed by atoms with Crippen molar-refractivity contribution in [2.24, 2.45) is 0 Å². The Balaban J connectivity index is 2.14. The first-order valence-electron chi connectivity index (χ1n) is 6.44. The summed E-state index contributed by atoms with van der Waals surface area (Å²) in [4.78, 5) is 25.4. The molecule has 1 amide bonds. The zero-order valence-electron chi connectivity index (χ0n) is 11.1. The van der Waals surface area contributed by atoms with Crippen LogP contribution in [0, 0.1) is 5.82 Å². The van der Waals surface area contributed by atoms with Gasteiger partial charge in [0.05, 0.1) is 11.6 Å². The summed E-state index contributed by atoms with van der Waals surface area (Å²) in [5.41, 5.74) is 0.271. The fourth-order valence-electron chi connectivity index (χ4n) is 1.89. The molecule has 6 heteroatoms. The van der Waals surface area contributed by atoms with Crippen LogP contribution in [-0.2, 0) is 9.53 Å². The van der Waals surface area contributed by atoms with E-state index in [9.17, 15) is 14.0 Å². The van der Waals surface area contributed by atoms with E-state index in [0.717, 1.165) is 18.9 Å². The molecule has 0 radical (unpaired) electrons. The van der Waals surface area contributed by atoms with Crippen molar-refractivity contribution < 1.29 is 18.7 Å². The van der Waals surface area contributed by atoms with E-state index in [1.807, 2.05) is 0 Å². The number of amides is 1. The third kappa shape index (κ3) is 3.48. The van der Waals surface area contributed by atoms with Crippen LogP contribution in [0.2, 0.25) is 5.02 Å². The number of rotatable bonds is 5. The van der Waals surface area contributed by atoms with Crippen LogP contribution in [0.25, 0.3) is 0 Å². The van der Waals surface area contributed by atoms with Crippen LogP contribution >= 0.6 is 11.6 Å². The van der Waals surface area contributed by atoms with E-state index < -0.39 is 11.8 Å². The predicted molar refractivity (Wildman–Crippen MR) is 72.1 cm³/mol. The quantitative estimate of drug-likeness (QED) is 0.785. The Morgan fingerprint density at radius 1 is 1.45 bits per heavy atom. The first-order chi connectivity index (χ1) is 9.52. The third-order valence-electron chi connectivity index (χ3n) is 3.02. The summed E-state index contributed by atoms with van der Waals surface area (Å²) in [6.45, 7) is 1.89. The normalized spacial score (nSPS) is 13.9. The molecule has 1 fully saturated rings. The van der Waals surface area contributed by atoms with Crippen molar-refractivity contribution in [3.63, 3.8) is 0 Å². The number of ether oxygens (including phenoxy) is 1. The number of nitrogens with zero attached hydrogens (tertiary/aromatic N) is 1. The van der Waals surface area contributed by atoms with E-state index >= 15 is 0 Å². The zero-order chi connectivity index (χ0) is 14.7. The van der Waals surface area contributed by atoms with Crippen molar-refractivity contribution in [2.75, 3.05) is 13.2 Å². The molecule has 1 aromatic rings. The van der Waals surface area contributed by atoms with Gasteiger partial charge in [0.25, 0.3) is 5.91 Å². The van der Waals surface area contributed by atoms with E-state index in [1.165, 1.54) is 17.0 Å². The topological polar surface area (TPSA) is 46.6 Å². The molecule has 0 aliphatic heterocycles. The second-order valence-corrected chi connectivity index (χ2v) is 5.01. The molecule has 1 aliphatic rings. The number of carbonyl (C=O) groups excluding carboxylic acids is 2. The molecule has 0 atom stereocenters. The first kappa shape index (κ1) is 14.8. The number of benzene rings is 1. The summed E-state index contributed by atoms with van der Waals surface area (Å²) in [7, 11) is 0. The summed E-state index contributed by atoms with van der Waals surface area (Å²) in [5, 5.41) is -0.109. The molecule has 1 aliphatic carbocycles. The molecule has 0 unspecified atom stereocenters. The highest BCUT2D eigenvalue weighted by atomic mass is 35.5. The van der Waals surface area contributed by atoms with Gasteiger partial charge in [-0.15, -0.1) is 0 Å². The van der Waals surface area contributed by atoms with E-state index in [0.29, 0.717) is 0 Å². The zero-order valence-corrected chi connectivity index (χ0v) is 11.8. The molecule has 0 N–H and O–H groups in total. The molecule has 0 bridgehead atoms. The van der Waals surface area contributed by atoms with Crippen molar-refractivity contribution in [1.82, 2.24) is 4.90 Å². The Morgan fingerprint density at radius 2 is 2.15 bits per heavy atom. The Bertz CT molecular complexity index is 531. The van der Waals surface area contributed by atoms with Gasteiger partial charge in [-0.1, -0.05) is 11.6 Å². The SMILES string of the molecule is CCOC(=O)CN(C(=O)c1ccc(F)c(Cl)c1)C1CC1. The van der Waals surface area contributed by atoms with Gasteiger partial charge in [-0.25, -0.2) is 4.39 Å². The average Bonchev–Trinajstić information content (AvgIpc) is 3.23. The molecule has 0 saturated heterocycles. The third-order valence-corrected chi connectivity index (χ3v) is 3.31. The molecule has 4 nitrogen and oxygen atoms in total. The Hall–Kier alpha value is -1.62. The van der Waals surface area contributed by atoms with Gasteiger partial charge in [0.2, 0.25) is 0 Å².